The summed E-state index contributed by atoms with van der Waals surface area (Å²) < 4.78 is 0. The van der Waals surface area contributed by atoms with Gasteiger partial charge in [-0.05, 0) is 45.2 Å². The van der Waals surface area contributed by atoms with E-state index in [0.29, 0.717) is 0 Å². The summed E-state index contributed by atoms with van der Waals surface area (Å²) in [4.78, 5) is 2.66. The molecule has 0 aromatic rings. The van der Waals surface area contributed by atoms with E-state index in [9.17, 15) is 0 Å². The van der Waals surface area contributed by atoms with Crippen LogP contribution in [0.3, 0.4) is 0 Å². The summed E-state index contributed by atoms with van der Waals surface area (Å²) in [7, 11) is 0. The van der Waals surface area contributed by atoms with Crippen molar-refractivity contribution in [1.29, 1.82) is 0 Å². The fraction of sp³-hybridized carbons (Fsp3) is 0.833. The van der Waals surface area contributed by atoms with Crippen LogP contribution in [0.1, 0.15) is 32.1 Å². The van der Waals surface area contributed by atoms with Gasteiger partial charge in [-0.2, -0.15) is 0 Å². The minimum Gasteiger partial charge on any atom is -0.312 e. The Morgan fingerprint density at radius 1 is 1.36 bits per heavy atom. The molecule has 0 aromatic carbocycles. The highest BCUT2D eigenvalue weighted by atomic mass is 15.2. The van der Waals surface area contributed by atoms with E-state index in [2.05, 4.69) is 16.8 Å². The Labute approximate surface area is 87.4 Å². The normalized spacial score (nSPS) is 32.0. The molecule has 0 aromatic heterocycles. The lowest BCUT2D eigenvalue weighted by molar-refractivity contribution is 0.299. The van der Waals surface area contributed by atoms with Gasteiger partial charge in [-0.1, -0.05) is 6.08 Å². The predicted octanol–water partition coefficient (Wildman–Crippen LogP) is 1.78. The monoisotopic (exact) mass is 194 g/mol. The van der Waals surface area contributed by atoms with Crippen LogP contribution < -0.4 is 5.32 Å². The summed E-state index contributed by atoms with van der Waals surface area (Å²) in [6.07, 6.45) is 8.59. The Kier molecular flexibility index (Phi) is 3.60. The molecular formula is C12H22N2. The molecule has 0 radical (unpaired) electrons. The third-order valence-corrected chi connectivity index (χ3v) is 3.60. The molecule has 2 aliphatic rings. The number of hydrogen-bond donors (Lipinski definition) is 1. The van der Waals surface area contributed by atoms with Crippen LogP contribution in [-0.2, 0) is 0 Å². The maximum atomic E-state index is 3.75. The lowest BCUT2D eigenvalue weighted by Crippen LogP contribution is -2.39. The number of unbranched alkanes of at least 4 members (excludes halogenated alkanes) is 1. The second kappa shape index (κ2) is 4.94. The van der Waals surface area contributed by atoms with Crippen molar-refractivity contribution in [1.82, 2.24) is 10.2 Å². The molecule has 2 fully saturated rings. The van der Waals surface area contributed by atoms with Gasteiger partial charge in [-0.3, -0.25) is 4.90 Å². The zero-order chi connectivity index (χ0) is 9.80. The number of nitrogens with zero attached hydrogens (tertiary/aromatic N) is 1. The first kappa shape index (κ1) is 10.2. The molecule has 14 heavy (non-hydrogen) atoms. The van der Waals surface area contributed by atoms with Gasteiger partial charge in [0.15, 0.2) is 0 Å². The molecule has 0 spiro atoms. The van der Waals surface area contributed by atoms with Gasteiger partial charge in [-0.15, -0.1) is 6.58 Å². The summed E-state index contributed by atoms with van der Waals surface area (Å²) in [6.45, 7) is 7.58. The second-order valence-corrected chi connectivity index (χ2v) is 4.53. The second-order valence-electron chi connectivity index (χ2n) is 4.53. The van der Waals surface area contributed by atoms with Gasteiger partial charge in [-0.25, -0.2) is 0 Å². The molecule has 2 heterocycles. The number of nitrogens with one attached hydrogen (secondary N) is 1. The van der Waals surface area contributed by atoms with E-state index in [1.807, 2.05) is 6.08 Å². The lowest BCUT2D eigenvalue weighted by atomic mass is 10.1. The molecule has 80 valence electrons. The minimum atomic E-state index is 0.780. The average Bonchev–Trinajstić information content (AvgIpc) is 2.75. The first-order chi connectivity index (χ1) is 6.92. The van der Waals surface area contributed by atoms with E-state index in [1.165, 1.54) is 45.3 Å². The van der Waals surface area contributed by atoms with Gasteiger partial charge >= 0.3 is 0 Å². The van der Waals surface area contributed by atoms with E-state index in [-0.39, 0.29) is 0 Å². The van der Waals surface area contributed by atoms with Crippen LogP contribution in [0.25, 0.3) is 0 Å². The third-order valence-electron chi connectivity index (χ3n) is 3.60. The Hall–Kier alpha value is -0.340. The highest BCUT2D eigenvalue weighted by molar-refractivity contribution is 4.95. The molecule has 0 bridgehead atoms. The SMILES string of the molecule is C=CCCCNC1CCN2CCCC12. The summed E-state index contributed by atoms with van der Waals surface area (Å²) in [5.74, 6) is 0. The maximum Gasteiger partial charge on any atom is 0.0250 e. The van der Waals surface area contributed by atoms with Crippen molar-refractivity contribution in [3.05, 3.63) is 12.7 Å². The summed E-state index contributed by atoms with van der Waals surface area (Å²) >= 11 is 0. The van der Waals surface area contributed by atoms with E-state index < -0.39 is 0 Å². The summed E-state index contributed by atoms with van der Waals surface area (Å²) in [5.41, 5.74) is 0. The third kappa shape index (κ3) is 2.18. The predicted molar refractivity (Wildman–Crippen MR) is 60.4 cm³/mol. The topological polar surface area (TPSA) is 15.3 Å². The van der Waals surface area contributed by atoms with Crippen molar-refractivity contribution in [2.24, 2.45) is 0 Å². The van der Waals surface area contributed by atoms with Crippen molar-refractivity contribution in [3.63, 3.8) is 0 Å². The number of allylic oxidation sites excluding steroid dienone is 1. The smallest absolute Gasteiger partial charge is 0.0250 e. The largest absolute Gasteiger partial charge is 0.312 e. The van der Waals surface area contributed by atoms with Crippen LogP contribution in [0, 0.1) is 0 Å². The summed E-state index contributed by atoms with van der Waals surface area (Å²) in [6, 6.07) is 1.64. The van der Waals surface area contributed by atoms with Gasteiger partial charge in [0.25, 0.3) is 0 Å². The quantitative estimate of drug-likeness (QED) is 0.530. The summed E-state index contributed by atoms with van der Waals surface area (Å²) in [5, 5.41) is 3.70. The molecule has 2 saturated heterocycles. The molecule has 2 nitrogen and oxygen atoms in total. The molecular weight excluding hydrogens is 172 g/mol. The van der Waals surface area contributed by atoms with Crippen LogP contribution in [0.5, 0.6) is 0 Å². The molecule has 0 amide bonds. The van der Waals surface area contributed by atoms with Crippen LogP contribution in [0.2, 0.25) is 0 Å². The number of fused-ring (bicyclic) bond motifs is 1. The highest BCUT2D eigenvalue weighted by Gasteiger charge is 2.36. The Morgan fingerprint density at radius 2 is 2.29 bits per heavy atom. The van der Waals surface area contributed by atoms with Crippen LogP contribution in [0.15, 0.2) is 12.7 Å². The van der Waals surface area contributed by atoms with Crippen LogP contribution in [-0.4, -0.2) is 36.6 Å². The molecule has 2 aliphatic heterocycles. The molecule has 0 saturated carbocycles. The zero-order valence-corrected chi connectivity index (χ0v) is 9.04. The Morgan fingerprint density at radius 3 is 3.14 bits per heavy atom. The zero-order valence-electron chi connectivity index (χ0n) is 9.04. The van der Waals surface area contributed by atoms with Gasteiger partial charge in [0.05, 0.1) is 0 Å². The Bertz CT molecular complexity index is 191. The Balaban J connectivity index is 1.68. The van der Waals surface area contributed by atoms with Gasteiger partial charge in [0.2, 0.25) is 0 Å². The van der Waals surface area contributed by atoms with Crippen molar-refractivity contribution in [2.45, 2.75) is 44.2 Å². The molecule has 1 N–H and O–H groups in total. The standard InChI is InChI=1S/C12H22N2/c1-2-3-4-8-13-11-7-10-14-9-5-6-12(11)14/h2,11-13H,1,3-10H2. The van der Waals surface area contributed by atoms with Crippen LogP contribution >= 0.6 is 0 Å². The first-order valence-electron chi connectivity index (χ1n) is 6.00. The van der Waals surface area contributed by atoms with Crippen molar-refractivity contribution in [3.8, 4) is 0 Å². The van der Waals surface area contributed by atoms with E-state index in [1.54, 1.807) is 0 Å². The van der Waals surface area contributed by atoms with Crippen molar-refractivity contribution in [2.75, 3.05) is 19.6 Å². The average molecular weight is 194 g/mol. The van der Waals surface area contributed by atoms with Crippen LogP contribution in [0.4, 0.5) is 0 Å². The maximum absolute atomic E-state index is 3.75. The van der Waals surface area contributed by atoms with E-state index in [4.69, 9.17) is 0 Å². The molecule has 2 heteroatoms. The lowest BCUT2D eigenvalue weighted by Gasteiger charge is -2.21. The molecule has 2 atom stereocenters. The minimum absolute atomic E-state index is 0.780. The van der Waals surface area contributed by atoms with E-state index in [0.717, 1.165) is 18.5 Å². The molecule has 2 unspecified atom stereocenters. The fourth-order valence-electron chi connectivity index (χ4n) is 2.85. The molecule has 0 aliphatic carbocycles. The van der Waals surface area contributed by atoms with Gasteiger partial charge < -0.3 is 5.32 Å². The van der Waals surface area contributed by atoms with Crippen molar-refractivity contribution >= 4 is 0 Å². The first-order valence-corrected chi connectivity index (χ1v) is 6.00. The number of rotatable bonds is 5. The highest BCUT2D eigenvalue weighted by Crippen LogP contribution is 2.27. The fourth-order valence-corrected chi connectivity index (χ4v) is 2.85. The van der Waals surface area contributed by atoms with E-state index >= 15 is 0 Å². The van der Waals surface area contributed by atoms with Gasteiger partial charge in [0.1, 0.15) is 0 Å². The van der Waals surface area contributed by atoms with Gasteiger partial charge in [0, 0.05) is 18.6 Å². The number of hydrogen-bond acceptors (Lipinski definition) is 2. The molecule has 2 rings (SSSR count). The van der Waals surface area contributed by atoms with Crippen molar-refractivity contribution < 1.29 is 0 Å².